The van der Waals surface area contributed by atoms with Gasteiger partial charge in [-0.3, -0.25) is 14.4 Å². The Morgan fingerprint density at radius 2 is 2.00 bits per heavy atom. The van der Waals surface area contributed by atoms with Crippen molar-refractivity contribution in [2.75, 3.05) is 13.7 Å². The van der Waals surface area contributed by atoms with Crippen molar-refractivity contribution in [2.24, 2.45) is 5.73 Å². The van der Waals surface area contributed by atoms with Gasteiger partial charge in [-0.15, -0.1) is 0 Å². The number of hydrogen-bond donors (Lipinski definition) is 2. The number of pyridine rings is 1. The van der Waals surface area contributed by atoms with E-state index >= 15 is 0 Å². The van der Waals surface area contributed by atoms with E-state index < -0.39 is 5.91 Å². The fourth-order valence-electron chi connectivity index (χ4n) is 2.09. The van der Waals surface area contributed by atoms with Gasteiger partial charge in [-0.2, -0.15) is 0 Å². The average molecular weight is 345 g/mol. The third-order valence-corrected chi connectivity index (χ3v) is 3.30. The molecule has 1 aromatic heterocycles. The summed E-state index contributed by atoms with van der Waals surface area (Å²) in [6.07, 6.45) is 1.55. The molecule has 8 heteroatoms. The normalized spacial score (nSPS) is 10.1. The first kappa shape index (κ1) is 18.1. The minimum Gasteiger partial charge on any atom is -0.493 e. The third kappa shape index (κ3) is 5.38. The number of benzene rings is 1. The number of nitrogens with two attached hydrogens (primary N) is 1. The number of carbonyl (C=O) groups is 2. The van der Waals surface area contributed by atoms with Gasteiger partial charge in [0.1, 0.15) is 6.54 Å². The van der Waals surface area contributed by atoms with Gasteiger partial charge in [0.2, 0.25) is 5.91 Å². The SMILES string of the molecule is COc1cc(CNC(=O)Cn2ccccc2=O)ccc1OCC(N)=O. The maximum absolute atomic E-state index is 12.0. The van der Waals surface area contributed by atoms with Crippen LogP contribution < -0.4 is 26.1 Å². The van der Waals surface area contributed by atoms with Crippen LogP contribution in [-0.2, 0) is 22.7 Å². The molecule has 8 nitrogen and oxygen atoms in total. The highest BCUT2D eigenvalue weighted by Crippen LogP contribution is 2.27. The predicted molar refractivity (Wildman–Crippen MR) is 90.2 cm³/mol. The topological polar surface area (TPSA) is 113 Å². The Morgan fingerprint density at radius 3 is 2.68 bits per heavy atom. The number of methoxy groups -OCH3 is 1. The largest absolute Gasteiger partial charge is 0.493 e. The van der Waals surface area contributed by atoms with E-state index in [1.807, 2.05) is 0 Å². The number of nitrogens with one attached hydrogen (secondary N) is 1. The molecule has 2 amide bonds. The fraction of sp³-hybridized carbons (Fsp3) is 0.235. The van der Waals surface area contributed by atoms with E-state index in [0.717, 1.165) is 5.56 Å². The molecule has 0 radical (unpaired) electrons. The molecular weight excluding hydrogens is 326 g/mol. The van der Waals surface area contributed by atoms with Crippen LogP contribution in [-0.4, -0.2) is 30.1 Å². The molecule has 0 atom stereocenters. The molecule has 2 aromatic rings. The summed E-state index contributed by atoms with van der Waals surface area (Å²) < 4.78 is 11.8. The van der Waals surface area contributed by atoms with E-state index in [1.165, 1.54) is 17.7 Å². The standard InChI is InChI=1S/C17H19N3O5/c1-24-14-8-12(5-6-13(14)25-11-15(18)21)9-19-16(22)10-20-7-3-2-4-17(20)23/h2-8H,9-11H2,1H3,(H2,18,21)(H,19,22). The maximum Gasteiger partial charge on any atom is 0.255 e. The van der Waals surface area contributed by atoms with E-state index in [1.54, 1.807) is 36.5 Å². The van der Waals surface area contributed by atoms with E-state index in [9.17, 15) is 14.4 Å². The van der Waals surface area contributed by atoms with Crippen molar-refractivity contribution in [1.29, 1.82) is 0 Å². The molecule has 0 aliphatic rings. The monoisotopic (exact) mass is 345 g/mol. The summed E-state index contributed by atoms with van der Waals surface area (Å²) in [6.45, 7) is -0.0538. The zero-order valence-corrected chi connectivity index (χ0v) is 13.7. The maximum atomic E-state index is 12.0. The lowest BCUT2D eigenvalue weighted by Gasteiger charge is -2.12. The fourth-order valence-corrected chi connectivity index (χ4v) is 2.09. The summed E-state index contributed by atoms with van der Waals surface area (Å²) in [5.74, 6) is -0.0737. The number of carbonyl (C=O) groups excluding carboxylic acids is 2. The Kier molecular flexibility index (Phi) is 6.16. The quantitative estimate of drug-likeness (QED) is 0.701. The smallest absolute Gasteiger partial charge is 0.255 e. The van der Waals surface area contributed by atoms with Crippen LogP contribution in [0.3, 0.4) is 0 Å². The molecule has 0 fully saturated rings. The summed E-state index contributed by atoms with van der Waals surface area (Å²) in [7, 11) is 1.47. The highest BCUT2D eigenvalue weighted by atomic mass is 16.5. The molecule has 0 saturated heterocycles. The van der Waals surface area contributed by atoms with E-state index in [-0.39, 0.29) is 31.2 Å². The molecule has 0 aliphatic carbocycles. The number of nitrogens with zero attached hydrogens (tertiary/aromatic N) is 1. The predicted octanol–water partition coefficient (Wildman–Crippen LogP) is 0.0374. The number of ether oxygens (including phenoxy) is 2. The number of rotatable bonds is 8. The summed E-state index contributed by atoms with van der Waals surface area (Å²) in [5.41, 5.74) is 5.57. The van der Waals surface area contributed by atoms with Crippen LogP contribution in [0.1, 0.15) is 5.56 Å². The molecule has 132 valence electrons. The van der Waals surface area contributed by atoms with E-state index in [0.29, 0.717) is 11.5 Å². The molecule has 25 heavy (non-hydrogen) atoms. The third-order valence-electron chi connectivity index (χ3n) is 3.30. The number of primary amides is 1. The zero-order chi connectivity index (χ0) is 18.2. The van der Waals surface area contributed by atoms with Crippen LogP contribution in [0.15, 0.2) is 47.4 Å². The lowest BCUT2D eigenvalue weighted by molar-refractivity contribution is -0.122. The summed E-state index contributed by atoms with van der Waals surface area (Å²) >= 11 is 0. The highest BCUT2D eigenvalue weighted by molar-refractivity contribution is 5.76. The van der Waals surface area contributed by atoms with Gasteiger partial charge in [0.05, 0.1) is 7.11 Å². The van der Waals surface area contributed by atoms with Crippen molar-refractivity contribution >= 4 is 11.8 Å². The Morgan fingerprint density at radius 1 is 1.20 bits per heavy atom. The molecule has 0 unspecified atom stereocenters. The Bertz CT molecular complexity index is 816. The Hall–Kier alpha value is -3.29. The molecule has 0 saturated carbocycles. The second-order valence-electron chi connectivity index (χ2n) is 5.18. The molecule has 2 rings (SSSR count). The van der Waals surface area contributed by atoms with Gasteiger partial charge < -0.3 is 25.1 Å². The summed E-state index contributed by atoms with van der Waals surface area (Å²) in [5, 5.41) is 2.73. The molecule has 3 N–H and O–H groups in total. The van der Waals surface area contributed by atoms with E-state index in [4.69, 9.17) is 15.2 Å². The van der Waals surface area contributed by atoms with Crippen LogP contribution in [0.25, 0.3) is 0 Å². The first-order valence-corrected chi connectivity index (χ1v) is 7.50. The lowest BCUT2D eigenvalue weighted by atomic mass is 10.2. The van der Waals surface area contributed by atoms with Crippen LogP contribution in [0.5, 0.6) is 11.5 Å². The van der Waals surface area contributed by atoms with Gasteiger partial charge in [0.25, 0.3) is 11.5 Å². The molecule has 0 spiro atoms. The first-order chi connectivity index (χ1) is 12.0. The van der Waals surface area contributed by atoms with Crippen LogP contribution in [0, 0.1) is 0 Å². The molecular formula is C17H19N3O5. The van der Waals surface area contributed by atoms with E-state index in [2.05, 4.69) is 5.32 Å². The van der Waals surface area contributed by atoms with Crippen molar-refractivity contribution in [3.05, 3.63) is 58.5 Å². The van der Waals surface area contributed by atoms with Crippen molar-refractivity contribution in [2.45, 2.75) is 13.1 Å². The van der Waals surface area contributed by atoms with Gasteiger partial charge >= 0.3 is 0 Å². The second-order valence-corrected chi connectivity index (χ2v) is 5.18. The van der Waals surface area contributed by atoms with Crippen LogP contribution >= 0.6 is 0 Å². The highest BCUT2D eigenvalue weighted by Gasteiger charge is 2.09. The van der Waals surface area contributed by atoms with Gasteiger partial charge in [0, 0.05) is 18.8 Å². The Balaban J connectivity index is 1.96. The van der Waals surface area contributed by atoms with Crippen molar-refractivity contribution in [1.82, 2.24) is 9.88 Å². The first-order valence-electron chi connectivity index (χ1n) is 7.50. The number of amides is 2. The minimum atomic E-state index is -0.588. The summed E-state index contributed by atoms with van der Waals surface area (Å²) in [4.78, 5) is 34.3. The van der Waals surface area contributed by atoms with Crippen molar-refractivity contribution in [3.63, 3.8) is 0 Å². The lowest BCUT2D eigenvalue weighted by Crippen LogP contribution is -2.31. The van der Waals surface area contributed by atoms with Crippen LogP contribution in [0.2, 0.25) is 0 Å². The van der Waals surface area contributed by atoms with Gasteiger partial charge in [0.15, 0.2) is 18.1 Å². The molecule has 1 aromatic carbocycles. The van der Waals surface area contributed by atoms with Crippen LogP contribution in [0.4, 0.5) is 0 Å². The summed E-state index contributed by atoms with van der Waals surface area (Å²) in [6, 6.07) is 9.74. The van der Waals surface area contributed by atoms with Crippen molar-refractivity contribution in [3.8, 4) is 11.5 Å². The molecule has 0 bridgehead atoms. The Labute approximate surface area is 144 Å². The second kappa shape index (κ2) is 8.53. The molecule has 1 heterocycles. The minimum absolute atomic E-state index is 0.0589. The zero-order valence-electron chi connectivity index (χ0n) is 13.7. The molecule has 0 aliphatic heterocycles. The number of hydrogen-bond acceptors (Lipinski definition) is 5. The van der Waals surface area contributed by atoms with Crippen molar-refractivity contribution < 1.29 is 19.1 Å². The van der Waals surface area contributed by atoms with Gasteiger partial charge in [-0.25, -0.2) is 0 Å². The number of aromatic nitrogens is 1. The van der Waals surface area contributed by atoms with Gasteiger partial charge in [-0.1, -0.05) is 12.1 Å². The average Bonchev–Trinajstić information content (AvgIpc) is 2.60. The van der Waals surface area contributed by atoms with Gasteiger partial charge in [-0.05, 0) is 23.8 Å².